The van der Waals surface area contributed by atoms with Crippen molar-refractivity contribution in [3.05, 3.63) is 0 Å². The van der Waals surface area contributed by atoms with E-state index in [9.17, 15) is 4.79 Å². The fourth-order valence-electron chi connectivity index (χ4n) is 0.621. The van der Waals surface area contributed by atoms with E-state index < -0.39 is 6.10 Å². The van der Waals surface area contributed by atoms with E-state index in [1.807, 2.05) is 13.8 Å². The average Bonchev–Trinajstić information content (AvgIpc) is 1.96. The molecule has 72 valence electrons. The van der Waals surface area contributed by atoms with Gasteiger partial charge in [0.15, 0.2) is 0 Å². The fourth-order valence-corrected chi connectivity index (χ4v) is 0.621. The number of hydrogen-bond donors (Lipinski definition) is 3. The molecule has 0 radical (unpaired) electrons. The first-order chi connectivity index (χ1) is 5.52. The zero-order valence-electron chi connectivity index (χ0n) is 7.92. The number of aliphatic hydroxyl groups excluding tert-OH is 1. The Kier molecular flexibility index (Phi) is 5.66. The van der Waals surface area contributed by atoms with Gasteiger partial charge in [0.2, 0.25) is 5.91 Å². The van der Waals surface area contributed by atoms with Crippen LogP contribution in [0.1, 0.15) is 20.8 Å². The second-order valence-electron chi connectivity index (χ2n) is 3.19. The summed E-state index contributed by atoms with van der Waals surface area (Å²) in [4.78, 5) is 11.0. The maximum Gasteiger partial charge on any atom is 0.234 e. The number of nitrogens with one attached hydrogen (secondary N) is 2. The molecule has 0 bridgehead atoms. The van der Waals surface area contributed by atoms with Crippen LogP contribution in [-0.4, -0.2) is 36.2 Å². The summed E-state index contributed by atoms with van der Waals surface area (Å²) in [5.41, 5.74) is 0. The van der Waals surface area contributed by atoms with Crippen molar-refractivity contribution in [3.63, 3.8) is 0 Å². The second-order valence-corrected chi connectivity index (χ2v) is 3.19. The van der Waals surface area contributed by atoms with Gasteiger partial charge in [-0.3, -0.25) is 4.79 Å². The molecule has 12 heavy (non-hydrogen) atoms. The zero-order chi connectivity index (χ0) is 9.56. The van der Waals surface area contributed by atoms with E-state index in [1.54, 1.807) is 6.92 Å². The van der Waals surface area contributed by atoms with Crippen LogP contribution >= 0.6 is 0 Å². The highest BCUT2D eigenvalue weighted by Crippen LogP contribution is 1.77. The van der Waals surface area contributed by atoms with Crippen molar-refractivity contribution >= 4 is 5.91 Å². The molecule has 0 aliphatic heterocycles. The fraction of sp³-hybridized carbons (Fsp3) is 0.875. The lowest BCUT2D eigenvalue weighted by Gasteiger charge is -2.09. The van der Waals surface area contributed by atoms with Crippen molar-refractivity contribution < 1.29 is 9.90 Å². The van der Waals surface area contributed by atoms with Crippen LogP contribution in [0.2, 0.25) is 0 Å². The number of carbonyl (C=O) groups excluding carboxylic acids is 1. The standard InChI is InChI=1S/C8H18N2O2/c1-6(2)9-5-8(12)10-4-7(3)11/h6-7,9,11H,4-5H2,1-3H3,(H,10,12)/t7-/m1/s1. The summed E-state index contributed by atoms with van der Waals surface area (Å²) in [6, 6.07) is 0.308. The lowest BCUT2D eigenvalue weighted by atomic mass is 10.3. The molecule has 0 spiro atoms. The summed E-state index contributed by atoms with van der Waals surface area (Å²) in [5, 5.41) is 14.4. The molecule has 0 aromatic rings. The molecule has 1 amide bonds. The van der Waals surface area contributed by atoms with Crippen molar-refractivity contribution in [2.75, 3.05) is 13.1 Å². The number of rotatable bonds is 5. The molecular formula is C8H18N2O2. The third kappa shape index (κ3) is 7.50. The van der Waals surface area contributed by atoms with E-state index in [0.717, 1.165) is 0 Å². The van der Waals surface area contributed by atoms with Gasteiger partial charge in [-0.05, 0) is 6.92 Å². The molecule has 0 aromatic heterocycles. The van der Waals surface area contributed by atoms with E-state index >= 15 is 0 Å². The van der Waals surface area contributed by atoms with Gasteiger partial charge >= 0.3 is 0 Å². The van der Waals surface area contributed by atoms with Gasteiger partial charge in [0.25, 0.3) is 0 Å². The van der Waals surface area contributed by atoms with Crippen LogP contribution in [0.15, 0.2) is 0 Å². The molecule has 0 unspecified atom stereocenters. The minimum Gasteiger partial charge on any atom is -0.392 e. The third-order valence-electron chi connectivity index (χ3n) is 1.27. The molecular weight excluding hydrogens is 156 g/mol. The second kappa shape index (κ2) is 5.97. The molecule has 0 rings (SSSR count). The Balaban J connectivity index is 3.34. The molecule has 0 aliphatic carbocycles. The number of aliphatic hydroxyl groups is 1. The van der Waals surface area contributed by atoms with Crippen LogP contribution in [0.5, 0.6) is 0 Å². The summed E-state index contributed by atoms with van der Waals surface area (Å²) in [6.07, 6.45) is -0.479. The molecule has 0 aliphatic rings. The summed E-state index contributed by atoms with van der Waals surface area (Å²) >= 11 is 0. The average molecular weight is 174 g/mol. The van der Waals surface area contributed by atoms with E-state index in [1.165, 1.54) is 0 Å². The third-order valence-corrected chi connectivity index (χ3v) is 1.27. The SMILES string of the molecule is CC(C)NCC(=O)NC[C@@H](C)O. The Hall–Kier alpha value is -0.610. The van der Waals surface area contributed by atoms with Gasteiger partial charge in [-0.15, -0.1) is 0 Å². The topological polar surface area (TPSA) is 61.4 Å². The molecule has 0 saturated carbocycles. The molecule has 0 aromatic carbocycles. The first-order valence-electron chi connectivity index (χ1n) is 4.20. The van der Waals surface area contributed by atoms with Gasteiger partial charge in [-0.2, -0.15) is 0 Å². The Labute approximate surface area is 73.3 Å². The van der Waals surface area contributed by atoms with Crippen LogP contribution in [0, 0.1) is 0 Å². The highest BCUT2D eigenvalue weighted by Gasteiger charge is 2.02. The van der Waals surface area contributed by atoms with Crippen LogP contribution in [0.3, 0.4) is 0 Å². The summed E-state index contributed by atoms with van der Waals surface area (Å²) in [5.74, 6) is -0.0791. The normalized spacial score (nSPS) is 13.1. The molecule has 3 N–H and O–H groups in total. The molecule has 4 nitrogen and oxygen atoms in total. The Morgan fingerprint density at radius 3 is 2.42 bits per heavy atom. The van der Waals surface area contributed by atoms with Crippen molar-refractivity contribution in [2.45, 2.75) is 32.9 Å². The van der Waals surface area contributed by atoms with Gasteiger partial charge in [0, 0.05) is 12.6 Å². The van der Waals surface area contributed by atoms with Gasteiger partial charge < -0.3 is 15.7 Å². The van der Waals surface area contributed by atoms with Gasteiger partial charge in [0.1, 0.15) is 0 Å². The van der Waals surface area contributed by atoms with Crippen LogP contribution in [0.25, 0.3) is 0 Å². The van der Waals surface area contributed by atoms with Gasteiger partial charge in [-0.1, -0.05) is 13.8 Å². The maximum absolute atomic E-state index is 11.0. The predicted molar refractivity (Wildman–Crippen MR) is 47.8 cm³/mol. The Morgan fingerprint density at radius 1 is 1.42 bits per heavy atom. The molecule has 1 atom stereocenters. The zero-order valence-corrected chi connectivity index (χ0v) is 7.92. The smallest absolute Gasteiger partial charge is 0.234 e. The van der Waals surface area contributed by atoms with Crippen LogP contribution < -0.4 is 10.6 Å². The maximum atomic E-state index is 11.0. The first-order valence-corrected chi connectivity index (χ1v) is 4.20. The molecule has 0 heterocycles. The minimum absolute atomic E-state index is 0.0791. The van der Waals surface area contributed by atoms with Crippen molar-refractivity contribution in [1.82, 2.24) is 10.6 Å². The predicted octanol–water partition coefficient (Wildman–Crippen LogP) is -0.519. The van der Waals surface area contributed by atoms with E-state index in [4.69, 9.17) is 5.11 Å². The number of hydrogen-bond acceptors (Lipinski definition) is 3. The van der Waals surface area contributed by atoms with Crippen molar-refractivity contribution in [1.29, 1.82) is 0 Å². The summed E-state index contributed by atoms with van der Waals surface area (Å²) in [7, 11) is 0. The van der Waals surface area contributed by atoms with E-state index in [0.29, 0.717) is 19.1 Å². The quantitative estimate of drug-likeness (QED) is 0.525. The van der Waals surface area contributed by atoms with Crippen LogP contribution in [-0.2, 0) is 4.79 Å². The number of amides is 1. The van der Waals surface area contributed by atoms with Crippen molar-refractivity contribution in [2.24, 2.45) is 0 Å². The lowest BCUT2D eigenvalue weighted by Crippen LogP contribution is -2.39. The van der Waals surface area contributed by atoms with Crippen LogP contribution in [0.4, 0.5) is 0 Å². The highest BCUT2D eigenvalue weighted by molar-refractivity contribution is 5.77. The summed E-state index contributed by atoms with van der Waals surface area (Å²) in [6.45, 7) is 6.21. The largest absolute Gasteiger partial charge is 0.392 e. The van der Waals surface area contributed by atoms with Gasteiger partial charge in [-0.25, -0.2) is 0 Å². The Morgan fingerprint density at radius 2 is 2.00 bits per heavy atom. The Bertz CT molecular complexity index is 121. The molecule has 4 heteroatoms. The minimum atomic E-state index is -0.479. The van der Waals surface area contributed by atoms with E-state index in [2.05, 4.69) is 10.6 Å². The monoisotopic (exact) mass is 174 g/mol. The van der Waals surface area contributed by atoms with E-state index in [-0.39, 0.29) is 5.91 Å². The molecule has 0 fully saturated rings. The van der Waals surface area contributed by atoms with Gasteiger partial charge in [0.05, 0.1) is 12.6 Å². The summed E-state index contributed by atoms with van der Waals surface area (Å²) < 4.78 is 0. The number of carbonyl (C=O) groups is 1. The van der Waals surface area contributed by atoms with Crippen molar-refractivity contribution in [3.8, 4) is 0 Å². The first kappa shape index (κ1) is 11.4. The molecule has 0 saturated heterocycles. The lowest BCUT2D eigenvalue weighted by molar-refractivity contribution is -0.120. The highest BCUT2D eigenvalue weighted by atomic mass is 16.3.